The van der Waals surface area contributed by atoms with E-state index >= 15 is 0 Å². The molecule has 2 atom stereocenters. The van der Waals surface area contributed by atoms with Crippen molar-refractivity contribution in [1.82, 2.24) is 0 Å². The van der Waals surface area contributed by atoms with Gasteiger partial charge in [-0.25, -0.2) is 4.79 Å². The highest BCUT2D eigenvalue weighted by Crippen LogP contribution is 2.12. The Bertz CT molecular complexity index is 574. The van der Waals surface area contributed by atoms with Crippen LogP contribution >= 0.6 is 0 Å². The molecule has 0 fully saturated rings. The van der Waals surface area contributed by atoms with Gasteiger partial charge in [0.25, 0.3) is 0 Å². The Hall–Kier alpha value is -2.00. The van der Waals surface area contributed by atoms with Gasteiger partial charge in [-0.15, -0.1) is 0 Å². The number of hydrogen-bond donors (Lipinski definition) is 5. The molecule has 0 aliphatic carbocycles. The lowest BCUT2D eigenvalue weighted by molar-refractivity contribution is -0.148. The van der Waals surface area contributed by atoms with E-state index < -0.39 is 31.4 Å². The maximum atomic E-state index is 11.4. The second kappa shape index (κ2) is 19.0. The van der Waals surface area contributed by atoms with E-state index in [0.717, 1.165) is 31.3 Å². The predicted octanol–water partition coefficient (Wildman–Crippen LogP) is 2.12. The molecule has 0 aromatic carbocycles. The fourth-order valence-electron chi connectivity index (χ4n) is 1.98. The fraction of sp³-hybridized carbons (Fsp3) is 0.636. The summed E-state index contributed by atoms with van der Waals surface area (Å²) in [4.78, 5) is 21.0. The normalized spacial score (nSPS) is 13.6. The molecule has 0 saturated carbocycles. The monoisotopic (exact) mass is 430 g/mol. The zero-order valence-corrected chi connectivity index (χ0v) is 18.5. The molecule has 0 bridgehead atoms. The fourth-order valence-corrected chi connectivity index (χ4v) is 1.98. The van der Waals surface area contributed by atoms with Crippen molar-refractivity contribution in [2.24, 2.45) is 0 Å². The number of allylic oxidation sites excluding steroid dienone is 5. The van der Waals surface area contributed by atoms with E-state index in [4.69, 9.17) is 30.3 Å². The molecule has 0 heterocycles. The van der Waals surface area contributed by atoms with Gasteiger partial charge in [0.15, 0.2) is 6.10 Å². The van der Waals surface area contributed by atoms with Crippen LogP contribution in [0.4, 0.5) is 0 Å². The summed E-state index contributed by atoms with van der Waals surface area (Å²) in [6, 6.07) is 0. The van der Waals surface area contributed by atoms with Gasteiger partial charge in [-0.05, 0) is 53.4 Å². The number of aliphatic hydroxyl groups is 4. The van der Waals surface area contributed by atoms with E-state index in [-0.39, 0.29) is 19.0 Å². The minimum absolute atomic E-state index is 0.157. The number of ether oxygens (including phenoxy) is 1. The first kappa shape index (κ1) is 30.2. The highest BCUT2D eigenvalue weighted by atomic mass is 16.5. The van der Waals surface area contributed by atoms with E-state index in [1.807, 2.05) is 13.0 Å². The zero-order valence-electron chi connectivity index (χ0n) is 18.5. The first-order valence-electron chi connectivity index (χ1n) is 9.94. The zero-order chi connectivity index (χ0) is 23.5. The van der Waals surface area contributed by atoms with Gasteiger partial charge in [0.1, 0.15) is 12.7 Å². The van der Waals surface area contributed by atoms with Crippen LogP contribution in [0.3, 0.4) is 0 Å². The molecule has 0 aliphatic rings. The summed E-state index contributed by atoms with van der Waals surface area (Å²) in [5, 5.41) is 41.5. The quantitative estimate of drug-likeness (QED) is 0.221. The molecule has 0 amide bonds. The lowest BCUT2D eigenvalue weighted by Gasteiger charge is -2.07. The number of carbonyl (C=O) groups excluding carboxylic acids is 1. The van der Waals surface area contributed by atoms with Crippen LogP contribution in [0.1, 0.15) is 59.8 Å². The molecule has 0 rings (SSSR count). The minimum atomic E-state index is -1.63. The Morgan fingerprint density at radius 3 is 1.83 bits per heavy atom. The van der Waals surface area contributed by atoms with Crippen molar-refractivity contribution < 1.29 is 39.9 Å². The van der Waals surface area contributed by atoms with Crippen molar-refractivity contribution in [1.29, 1.82) is 0 Å². The van der Waals surface area contributed by atoms with Crippen LogP contribution in [-0.4, -0.2) is 69.5 Å². The van der Waals surface area contributed by atoms with Gasteiger partial charge in [-0.3, -0.25) is 4.79 Å². The SMILES string of the molecule is CC(C)=CCCC(C)=CCCC(C)=CCC(=O)OCC(O)CO.O=C(O)C(O)CO. The summed E-state index contributed by atoms with van der Waals surface area (Å²) >= 11 is 0. The number of carboxylic acid groups (broad SMARTS) is 1. The molecule has 5 N–H and O–H groups in total. The van der Waals surface area contributed by atoms with Crippen LogP contribution in [0.2, 0.25) is 0 Å². The topological polar surface area (TPSA) is 145 Å². The minimum Gasteiger partial charge on any atom is -0.479 e. The average Bonchev–Trinajstić information content (AvgIpc) is 2.69. The van der Waals surface area contributed by atoms with Crippen molar-refractivity contribution in [3.05, 3.63) is 34.9 Å². The van der Waals surface area contributed by atoms with Gasteiger partial charge in [-0.1, -0.05) is 34.9 Å². The van der Waals surface area contributed by atoms with Crippen LogP contribution in [-0.2, 0) is 14.3 Å². The molecule has 0 aromatic rings. The van der Waals surface area contributed by atoms with Crippen LogP contribution in [0.15, 0.2) is 34.9 Å². The summed E-state index contributed by atoms with van der Waals surface area (Å²) in [7, 11) is 0. The highest BCUT2D eigenvalue weighted by molar-refractivity contribution is 5.72. The third-order valence-corrected chi connectivity index (χ3v) is 3.85. The number of esters is 1. The van der Waals surface area contributed by atoms with Crippen molar-refractivity contribution in [3.8, 4) is 0 Å². The first-order chi connectivity index (χ1) is 14.0. The number of rotatable bonds is 13. The van der Waals surface area contributed by atoms with E-state index in [1.54, 1.807) is 0 Å². The molecule has 8 heteroatoms. The van der Waals surface area contributed by atoms with Gasteiger partial charge in [0, 0.05) is 0 Å². The van der Waals surface area contributed by atoms with Gasteiger partial charge in [0.05, 0.1) is 19.6 Å². The van der Waals surface area contributed by atoms with Crippen molar-refractivity contribution >= 4 is 11.9 Å². The van der Waals surface area contributed by atoms with E-state index in [1.165, 1.54) is 11.1 Å². The Kier molecular flexibility index (Phi) is 19.1. The Morgan fingerprint density at radius 1 is 0.867 bits per heavy atom. The Balaban J connectivity index is 0. The molecular weight excluding hydrogens is 392 g/mol. The van der Waals surface area contributed by atoms with Gasteiger partial charge >= 0.3 is 11.9 Å². The largest absolute Gasteiger partial charge is 0.479 e. The number of hydrogen-bond acceptors (Lipinski definition) is 7. The molecule has 0 radical (unpaired) electrons. The molecule has 0 saturated heterocycles. The summed E-state index contributed by atoms with van der Waals surface area (Å²) in [6.45, 7) is 7.10. The molecule has 2 unspecified atom stereocenters. The summed E-state index contributed by atoms with van der Waals surface area (Å²) in [5.74, 6) is -1.78. The number of carbonyl (C=O) groups is 2. The molecule has 0 aliphatic heterocycles. The third-order valence-electron chi connectivity index (χ3n) is 3.85. The Labute approximate surface area is 179 Å². The Morgan fingerprint density at radius 2 is 1.40 bits per heavy atom. The smallest absolute Gasteiger partial charge is 0.334 e. The molecule has 174 valence electrons. The second-order valence-electron chi connectivity index (χ2n) is 7.22. The molecule has 8 nitrogen and oxygen atoms in total. The number of aliphatic hydroxyl groups excluding tert-OH is 4. The molecule has 0 aromatic heterocycles. The second-order valence-corrected chi connectivity index (χ2v) is 7.22. The van der Waals surface area contributed by atoms with Gasteiger partial charge in [-0.2, -0.15) is 0 Å². The average molecular weight is 431 g/mol. The van der Waals surface area contributed by atoms with Crippen molar-refractivity contribution in [2.75, 3.05) is 19.8 Å². The third kappa shape index (κ3) is 20.7. The lowest BCUT2D eigenvalue weighted by Crippen LogP contribution is -2.22. The summed E-state index contributed by atoms with van der Waals surface area (Å²) < 4.78 is 4.84. The van der Waals surface area contributed by atoms with E-state index in [0.29, 0.717) is 0 Å². The highest BCUT2D eigenvalue weighted by Gasteiger charge is 2.09. The number of carboxylic acids is 1. The summed E-state index contributed by atoms with van der Waals surface area (Å²) in [5.41, 5.74) is 3.90. The maximum absolute atomic E-state index is 11.4. The predicted molar refractivity (Wildman–Crippen MR) is 115 cm³/mol. The van der Waals surface area contributed by atoms with Crippen molar-refractivity contribution in [2.45, 2.75) is 72.0 Å². The van der Waals surface area contributed by atoms with Gasteiger partial charge < -0.3 is 30.3 Å². The van der Waals surface area contributed by atoms with Crippen molar-refractivity contribution in [3.63, 3.8) is 0 Å². The first-order valence-corrected chi connectivity index (χ1v) is 9.94. The lowest BCUT2D eigenvalue weighted by atomic mass is 10.1. The number of aliphatic carboxylic acids is 1. The maximum Gasteiger partial charge on any atom is 0.334 e. The standard InChI is InChI=1S/C19H32O4.C3H6O4/c1-15(2)7-5-8-16(3)9-6-10-17(4)11-12-19(22)23-14-18(21)13-20;4-1-2(5)3(6)7/h7,9,11,18,20-21H,5-6,8,10,12-14H2,1-4H3;2,4-5H,1H2,(H,6,7). The molecular formula is C22H38O8. The summed E-state index contributed by atoms with van der Waals surface area (Å²) in [6.07, 6.45) is 8.02. The van der Waals surface area contributed by atoms with Gasteiger partial charge in [0.2, 0.25) is 0 Å². The molecule has 30 heavy (non-hydrogen) atoms. The van der Waals surface area contributed by atoms with Crippen LogP contribution in [0, 0.1) is 0 Å². The van der Waals surface area contributed by atoms with Crippen LogP contribution < -0.4 is 0 Å². The molecule has 0 spiro atoms. The van der Waals surface area contributed by atoms with Crippen LogP contribution in [0.25, 0.3) is 0 Å². The van der Waals surface area contributed by atoms with Crippen LogP contribution in [0.5, 0.6) is 0 Å². The van der Waals surface area contributed by atoms with E-state index in [9.17, 15) is 9.59 Å². The van der Waals surface area contributed by atoms with E-state index in [2.05, 4.69) is 32.9 Å².